The second-order valence-corrected chi connectivity index (χ2v) is 8.72. The van der Waals surface area contributed by atoms with Crippen molar-refractivity contribution >= 4 is 5.78 Å². The van der Waals surface area contributed by atoms with Crippen molar-refractivity contribution in [2.75, 3.05) is 0 Å². The molecule has 0 amide bonds. The summed E-state index contributed by atoms with van der Waals surface area (Å²) in [6, 6.07) is 0. The lowest BCUT2D eigenvalue weighted by molar-refractivity contribution is -0.117. The van der Waals surface area contributed by atoms with Crippen LogP contribution in [0.4, 0.5) is 0 Å². The Hall–Kier alpha value is -0.590. The summed E-state index contributed by atoms with van der Waals surface area (Å²) in [7, 11) is 0. The minimum atomic E-state index is 0.380. The number of carbonyl (C=O) groups excluding carboxylic acids is 1. The number of rotatable bonds is 0. The van der Waals surface area contributed by atoms with Gasteiger partial charge in [-0.15, -0.1) is 0 Å². The molecule has 0 aromatic carbocycles. The fourth-order valence-corrected chi connectivity index (χ4v) is 7.23. The van der Waals surface area contributed by atoms with Crippen LogP contribution in [-0.4, -0.2) is 5.78 Å². The maximum atomic E-state index is 11.8. The Morgan fingerprint density at radius 1 is 1.05 bits per heavy atom. The minimum absolute atomic E-state index is 0.380. The van der Waals surface area contributed by atoms with E-state index in [1.54, 1.807) is 6.42 Å². The smallest absolute Gasteiger partial charge is 0.155 e. The first-order valence-electron chi connectivity index (χ1n) is 8.87. The average molecular weight is 270 g/mol. The van der Waals surface area contributed by atoms with Gasteiger partial charge in [-0.3, -0.25) is 4.79 Å². The van der Waals surface area contributed by atoms with Crippen LogP contribution in [-0.2, 0) is 4.79 Å². The maximum absolute atomic E-state index is 11.8. The fraction of sp³-hybridized carbons (Fsp3) is 0.842. The van der Waals surface area contributed by atoms with Crippen molar-refractivity contribution < 1.29 is 4.79 Å². The van der Waals surface area contributed by atoms with E-state index in [1.165, 1.54) is 44.1 Å². The molecular formula is C19H26O. The van der Waals surface area contributed by atoms with E-state index in [1.807, 2.05) is 6.08 Å². The van der Waals surface area contributed by atoms with Gasteiger partial charge in [0.1, 0.15) is 0 Å². The van der Waals surface area contributed by atoms with Crippen LogP contribution in [0.25, 0.3) is 0 Å². The normalized spacial score (nSPS) is 56.2. The molecule has 1 heteroatoms. The van der Waals surface area contributed by atoms with Crippen molar-refractivity contribution in [3.8, 4) is 0 Å². The molecule has 108 valence electrons. The third-order valence-electron chi connectivity index (χ3n) is 8.32. The van der Waals surface area contributed by atoms with Crippen LogP contribution in [0.15, 0.2) is 11.6 Å². The van der Waals surface area contributed by atoms with Crippen LogP contribution in [0.1, 0.15) is 64.7 Å². The van der Waals surface area contributed by atoms with Gasteiger partial charge in [0, 0.05) is 6.42 Å². The molecule has 5 aliphatic carbocycles. The summed E-state index contributed by atoms with van der Waals surface area (Å²) in [5.74, 6) is 4.46. The van der Waals surface area contributed by atoms with Crippen LogP contribution < -0.4 is 0 Å². The standard InChI is InChI=1S/C19H26O/c1-18-8-6-14(20)10-12(18)2-4-15-16(18)7-9-19-11-13(19)3-5-17(15)19/h10,13,15-17H,2-9,11H2,1H3/t13-,15-,16?,17?,18+,19+/m1/s1. The van der Waals surface area contributed by atoms with Crippen molar-refractivity contribution in [2.45, 2.75) is 64.7 Å². The third-order valence-corrected chi connectivity index (χ3v) is 8.32. The van der Waals surface area contributed by atoms with Crippen molar-refractivity contribution in [1.82, 2.24) is 0 Å². The van der Waals surface area contributed by atoms with E-state index >= 15 is 0 Å². The summed E-state index contributed by atoms with van der Waals surface area (Å²) >= 11 is 0. The average Bonchev–Trinajstić information content (AvgIpc) is 3.01. The number of carbonyl (C=O) groups is 1. The second-order valence-electron chi connectivity index (χ2n) is 8.72. The van der Waals surface area contributed by atoms with Gasteiger partial charge >= 0.3 is 0 Å². The molecule has 1 nitrogen and oxygen atoms in total. The lowest BCUT2D eigenvalue weighted by atomic mass is 9.49. The van der Waals surface area contributed by atoms with Crippen molar-refractivity contribution in [3.63, 3.8) is 0 Å². The Bertz CT molecular complexity index is 518. The molecule has 0 aromatic rings. The first-order chi connectivity index (χ1) is 9.63. The van der Waals surface area contributed by atoms with E-state index in [4.69, 9.17) is 0 Å². The monoisotopic (exact) mass is 270 g/mol. The number of fused-ring (bicyclic) bond motifs is 4. The molecule has 4 saturated carbocycles. The van der Waals surface area contributed by atoms with Gasteiger partial charge in [0.05, 0.1) is 0 Å². The van der Waals surface area contributed by atoms with E-state index < -0.39 is 0 Å². The van der Waals surface area contributed by atoms with Crippen molar-refractivity contribution in [3.05, 3.63) is 11.6 Å². The number of hydrogen-bond donors (Lipinski definition) is 0. The zero-order chi connectivity index (χ0) is 13.5. The molecule has 0 heterocycles. The summed E-state index contributed by atoms with van der Waals surface area (Å²) in [6.07, 6.45) is 14.2. The zero-order valence-electron chi connectivity index (χ0n) is 12.7. The predicted octanol–water partition coefficient (Wildman–Crippen LogP) is 4.52. The molecule has 0 N–H and O–H groups in total. The Morgan fingerprint density at radius 2 is 1.95 bits per heavy atom. The van der Waals surface area contributed by atoms with Gasteiger partial charge < -0.3 is 0 Å². The highest BCUT2D eigenvalue weighted by Gasteiger charge is 2.67. The molecule has 20 heavy (non-hydrogen) atoms. The van der Waals surface area contributed by atoms with Crippen LogP contribution >= 0.6 is 0 Å². The Kier molecular flexibility index (Phi) is 2.16. The quantitative estimate of drug-likeness (QED) is 0.632. The summed E-state index contributed by atoms with van der Waals surface area (Å²) in [4.78, 5) is 11.8. The van der Waals surface area contributed by atoms with E-state index in [0.29, 0.717) is 11.2 Å². The molecule has 6 atom stereocenters. The number of ketones is 1. The highest BCUT2D eigenvalue weighted by atomic mass is 16.1. The summed E-state index contributed by atoms with van der Waals surface area (Å²) in [5, 5.41) is 0. The molecule has 5 rings (SSSR count). The summed E-state index contributed by atoms with van der Waals surface area (Å²) in [5.41, 5.74) is 2.73. The van der Waals surface area contributed by atoms with E-state index in [-0.39, 0.29) is 0 Å². The molecule has 0 saturated heterocycles. The molecule has 0 aliphatic heterocycles. The van der Waals surface area contributed by atoms with E-state index in [9.17, 15) is 4.79 Å². The molecule has 0 bridgehead atoms. The highest BCUT2D eigenvalue weighted by molar-refractivity contribution is 5.91. The first kappa shape index (κ1) is 12.0. The van der Waals surface area contributed by atoms with Gasteiger partial charge in [-0.05, 0) is 91.9 Å². The largest absolute Gasteiger partial charge is 0.295 e. The highest BCUT2D eigenvalue weighted by Crippen LogP contribution is 2.76. The van der Waals surface area contributed by atoms with Gasteiger partial charge in [0.25, 0.3) is 0 Å². The molecule has 4 fully saturated rings. The molecule has 0 aromatic heterocycles. The van der Waals surface area contributed by atoms with E-state index in [0.717, 1.165) is 41.9 Å². The SMILES string of the molecule is C[C@]12CCC(=O)C=C1CC[C@H]1C3CC[C@@H]4C[C@]34CCC12. The minimum Gasteiger partial charge on any atom is -0.295 e. The van der Waals surface area contributed by atoms with Crippen molar-refractivity contribution in [1.29, 1.82) is 0 Å². The van der Waals surface area contributed by atoms with Gasteiger partial charge in [0.2, 0.25) is 0 Å². The van der Waals surface area contributed by atoms with Crippen LogP contribution in [0, 0.1) is 34.5 Å². The van der Waals surface area contributed by atoms with Gasteiger partial charge in [-0.1, -0.05) is 12.5 Å². The third kappa shape index (κ3) is 1.28. The van der Waals surface area contributed by atoms with Crippen LogP contribution in [0.3, 0.4) is 0 Å². The summed E-state index contributed by atoms with van der Waals surface area (Å²) in [6.45, 7) is 2.50. The Morgan fingerprint density at radius 3 is 2.80 bits per heavy atom. The van der Waals surface area contributed by atoms with Crippen LogP contribution in [0.2, 0.25) is 0 Å². The number of hydrogen-bond acceptors (Lipinski definition) is 1. The predicted molar refractivity (Wildman–Crippen MR) is 79.1 cm³/mol. The zero-order valence-corrected chi connectivity index (χ0v) is 12.7. The van der Waals surface area contributed by atoms with Gasteiger partial charge in [-0.25, -0.2) is 0 Å². The Labute approximate surface area is 122 Å². The topological polar surface area (TPSA) is 17.1 Å². The molecule has 0 radical (unpaired) electrons. The first-order valence-corrected chi connectivity index (χ1v) is 8.87. The van der Waals surface area contributed by atoms with Crippen molar-refractivity contribution in [2.24, 2.45) is 34.5 Å². The van der Waals surface area contributed by atoms with Gasteiger partial charge in [-0.2, -0.15) is 0 Å². The molecule has 5 aliphatic rings. The number of allylic oxidation sites excluding steroid dienone is 1. The lowest BCUT2D eigenvalue weighted by Crippen LogP contribution is -2.47. The second kappa shape index (κ2) is 3.59. The molecule has 1 spiro atoms. The molecule has 2 unspecified atom stereocenters. The maximum Gasteiger partial charge on any atom is 0.155 e. The van der Waals surface area contributed by atoms with Crippen LogP contribution in [0.5, 0.6) is 0 Å². The van der Waals surface area contributed by atoms with E-state index in [2.05, 4.69) is 6.92 Å². The fourth-order valence-electron chi connectivity index (χ4n) is 7.23. The summed E-state index contributed by atoms with van der Waals surface area (Å²) < 4.78 is 0. The Balaban J connectivity index is 1.52. The lowest BCUT2D eigenvalue weighted by Gasteiger charge is -2.55. The molecular weight excluding hydrogens is 244 g/mol. The van der Waals surface area contributed by atoms with Gasteiger partial charge in [0.15, 0.2) is 5.78 Å².